The average molecular weight is 277 g/mol. The topological polar surface area (TPSA) is 102 Å². The first-order chi connectivity index (χ1) is 9.41. The average Bonchev–Trinajstić information content (AvgIpc) is 2.43. The summed E-state index contributed by atoms with van der Waals surface area (Å²) in [7, 11) is 0. The van der Waals surface area contributed by atoms with Gasteiger partial charge in [-0.2, -0.15) is 5.26 Å². The van der Waals surface area contributed by atoms with E-state index < -0.39 is 10.5 Å². The largest absolute Gasteiger partial charge is 0.494 e. The van der Waals surface area contributed by atoms with Crippen LogP contribution in [0.1, 0.15) is 31.7 Å². The molecule has 0 aliphatic heterocycles. The Hall–Kier alpha value is -2.13. The zero-order valence-electron chi connectivity index (χ0n) is 11.8. The highest BCUT2D eigenvalue weighted by Gasteiger charge is 2.21. The van der Waals surface area contributed by atoms with Gasteiger partial charge in [-0.1, -0.05) is 6.92 Å². The summed E-state index contributed by atoms with van der Waals surface area (Å²) in [5, 5.41) is 19.6. The SMILES string of the molecule is CCC(N)(C#N)CCCOc1ccc([N+](=O)[O-])c(C)c1. The number of nitriles is 1. The lowest BCUT2D eigenvalue weighted by Crippen LogP contribution is -2.37. The fourth-order valence-electron chi connectivity index (χ4n) is 1.81. The van der Waals surface area contributed by atoms with Crippen molar-refractivity contribution in [1.29, 1.82) is 5.26 Å². The third kappa shape index (κ3) is 4.21. The first-order valence-electron chi connectivity index (χ1n) is 6.50. The highest BCUT2D eigenvalue weighted by molar-refractivity contribution is 5.44. The summed E-state index contributed by atoms with van der Waals surface area (Å²) in [4.78, 5) is 10.3. The van der Waals surface area contributed by atoms with E-state index in [0.717, 1.165) is 0 Å². The quantitative estimate of drug-likeness (QED) is 0.469. The lowest BCUT2D eigenvalue weighted by molar-refractivity contribution is -0.385. The molecule has 0 amide bonds. The van der Waals surface area contributed by atoms with Crippen molar-refractivity contribution in [3.05, 3.63) is 33.9 Å². The van der Waals surface area contributed by atoms with Crippen LogP contribution in [-0.4, -0.2) is 17.1 Å². The van der Waals surface area contributed by atoms with Crippen molar-refractivity contribution in [2.45, 2.75) is 38.6 Å². The van der Waals surface area contributed by atoms with Crippen LogP contribution in [0.3, 0.4) is 0 Å². The number of nitrogens with two attached hydrogens (primary N) is 1. The molecule has 2 N–H and O–H groups in total. The Bertz CT molecular complexity index is 525. The van der Waals surface area contributed by atoms with E-state index in [0.29, 0.717) is 37.2 Å². The molecule has 0 heterocycles. The second-order valence-corrected chi connectivity index (χ2v) is 4.78. The Morgan fingerprint density at radius 1 is 1.55 bits per heavy atom. The summed E-state index contributed by atoms with van der Waals surface area (Å²) in [6, 6.07) is 6.74. The lowest BCUT2D eigenvalue weighted by Gasteiger charge is -2.18. The third-order valence-corrected chi connectivity index (χ3v) is 3.25. The van der Waals surface area contributed by atoms with Crippen molar-refractivity contribution in [1.82, 2.24) is 0 Å². The molecule has 0 saturated carbocycles. The molecule has 0 bridgehead atoms. The number of hydrogen-bond donors (Lipinski definition) is 1. The van der Waals surface area contributed by atoms with E-state index in [4.69, 9.17) is 15.7 Å². The Labute approximate surface area is 118 Å². The number of nitrogens with zero attached hydrogens (tertiary/aromatic N) is 2. The van der Waals surface area contributed by atoms with Crippen LogP contribution in [0, 0.1) is 28.4 Å². The Morgan fingerprint density at radius 3 is 2.75 bits per heavy atom. The summed E-state index contributed by atoms with van der Waals surface area (Å²) >= 11 is 0. The van der Waals surface area contributed by atoms with Crippen LogP contribution in [-0.2, 0) is 0 Å². The van der Waals surface area contributed by atoms with Crippen LogP contribution >= 0.6 is 0 Å². The Balaban J connectivity index is 2.50. The molecule has 6 nitrogen and oxygen atoms in total. The molecule has 1 aromatic rings. The van der Waals surface area contributed by atoms with Crippen molar-refractivity contribution in [2.24, 2.45) is 5.73 Å². The van der Waals surface area contributed by atoms with Gasteiger partial charge in [0.25, 0.3) is 5.69 Å². The van der Waals surface area contributed by atoms with E-state index in [2.05, 4.69) is 6.07 Å². The molecule has 0 saturated heterocycles. The predicted octanol–water partition coefficient (Wildman–Crippen LogP) is 2.69. The zero-order chi connectivity index (χ0) is 15.2. The number of hydrogen-bond acceptors (Lipinski definition) is 5. The molecule has 20 heavy (non-hydrogen) atoms. The summed E-state index contributed by atoms with van der Waals surface area (Å²) in [6.45, 7) is 3.98. The summed E-state index contributed by atoms with van der Waals surface area (Å²) in [5.41, 5.74) is 5.70. The van der Waals surface area contributed by atoms with Gasteiger partial charge in [-0.05, 0) is 38.3 Å². The van der Waals surface area contributed by atoms with Gasteiger partial charge in [0.1, 0.15) is 11.3 Å². The molecule has 0 fully saturated rings. The Kier molecular flexibility index (Phi) is 5.47. The van der Waals surface area contributed by atoms with Gasteiger partial charge in [-0.25, -0.2) is 0 Å². The maximum absolute atomic E-state index is 10.7. The number of benzene rings is 1. The maximum atomic E-state index is 10.7. The highest BCUT2D eigenvalue weighted by atomic mass is 16.6. The van der Waals surface area contributed by atoms with Gasteiger partial charge in [0.15, 0.2) is 0 Å². The van der Waals surface area contributed by atoms with Crippen molar-refractivity contribution in [3.63, 3.8) is 0 Å². The molecule has 1 aromatic carbocycles. The second kappa shape index (κ2) is 6.87. The maximum Gasteiger partial charge on any atom is 0.272 e. The van der Waals surface area contributed by atoms with Gasteiger partial charge < -0.3 is 10.5 Å². The zero-order valence-corrected chi connectivity index (χ0v) is 11.8. The molecule has 0 aromatic heterocycles. The molecular formula is C14H19N3O3. The minimum Gasteiger partial charge on any atom is -0.494 e. The monoisotopic (exact) mass is 277 g/mol. The van der Waals surface area contributed by atoms with Gasteiger partial charge in [0.05, 0.1) is 17.6 Å². The van der Waals surface area contributed by atoms with E-state index in [9.17, 15) is 10.1 Å². The normalized spacial score (nSPS) is 13.3. The molecule has 1 unspecified atom stereocenters. The first kappa shape index (κ1) is 15.9. The number of ether oxygens (including phenoxy) is 1. The molecule has 0 aliphatic rings. The molecule has 6 heteroatoms. The van der Waals surface area contributed by atoms with Crippen LogP contribution in [0.5, 0.6) is 5.75 Å². The summed E-state index contributed by atoms with van der Waals surface area (Å²) in [5.74, 6) is 0.587. The molecular weight excluding hydrogens is 258 g/mol. The molecule has 0 aliphatic carbocycles. The number of rotatable bonds is 7. The van der Waals surface area contributed by atoms with Crippen LogP contribution in [0.4, 0.5) is 5.69 Å². The summed E-state index contributed by atoms with van der Waals surface area (Å²) in [6.07, 6.45) is 1.82. The number of nitro groups is 1. The minimum atomic E-state index is -0.797. The molecule has 0 radical (unpaired) electrons. The van der Waals surface area contributed by atoms with Crippen LogP contribution < -0.4 is 10.5 Å². The van der Waals surface area contributed by atoms with Crippen molar-refractivity contribution in [2.75, 3.05) is 6.61 Å². The van der Waals surface area contributed by atoms with E-state index >= 15 is 0 Å². The highest BCUT2D eigenvalue weighted by Crippen LogP contribution is 2.23. The van der Waals surface area contributed by atoms with Crippen LogP contribution in [0.25, 0.3) is 0 Å². The fourth-order valence-corrected chi connectivity index (χ4v) is 1.81. The summed E-state index contributed by atoms with van der Waals surface area (Å²) < 4.78 is 5.52. The van der Waals surface area contributed by atoms with E-state index in [-0.39, 0.29) is 5.69 Å². The van der Waals surface area contributed by atoms with Gasteiger partial charge in [0, 0.05) is 11.6 Å². The van der Waals surface area contributed by atoms with E-state index in [1.165, 1.54) is 6.07 Å². The number of nitro benzene ring substituents is 1. The molecule has 108 valence electrons. The molecule has 1 rings (SSSR count). The van der Waals surface area contributed by atoms with Gasteiger partial charge in [0.2, 0.25) is 0 Å². The van der Waals surface area contributed by atoms with E-state index in [1.807, 2.05) is 6.92 Å². The Morgan fingerprint density at radius 2 is 2.25 bits per heavy atom. The van der Waals surface area contributed by atoms with Gasteiger partial charge in [-0.15, -0.1) is 0 Å². The molecule has 1 atom stereocenters. The van der Waals surface area contributed by atoms with Gasteiger partial charge in [-0.3, -0.25) is 10.1 Å². The standard InChI is InChI=1S/C14H19N3O3/c1-3-14(16,10-15)7-4-8-20-12-5-6-13(17(18)19)11(2)9-12/h5-6,9H,3-4,7-8,16H2,1-2H3. The second-order valence-electron chi connectivity index (χ2n) is 4.78. The van der Waals surface area contributed by atoms with Crippen molar-refractivity contribution < 1.29 is 9.66 Å². The van der Waals surface area contributed by atoms with Gasteiger partial charge >= 0.3 is 0 Å². The van der Waals surface area contributed by atoms with Crippen molar-refractivity contribution >= 4 is 5.69 Å². The fraction of sp³-hybridized carbons (Fsp3) is 0.500. The number of aryl methyl sites for hydroxylation is 1. The first-order valence-corrected chi connectivity index (χ1v) is 6.50. The van der Waals surface area contributed by atoms with Crippen LogP contribution in [0.2, 0.25) is 0 Å². The predicted molar refractivity (Wildman–Crippen MR) is 75.4 cm³/mol. The van der Waals surface area contributed by atoms with E-state index in [1.54, 1.807) is 19.1 Å². The smallest absolute Gasteiger partial charge is 0.272 e. The third-order valence-electron chi connectivity index (χ3n) is 3.25. The lowest BCUT2D eigenvalue weighted by atomic mass is 9.94. The molecule has 0 spiro atoms. The van der Waals surface area contributed by atoms with Crippen LogP contribution in [0.15, 0.2) is 18.2 Å². The van der Waals surface area contributed by atoms with Crippen molar-refractivity contribution in [3.8, 4) is 11.8 Å². The minimum absolute atomic E-state index is 0.0776.